The lowest BCUT2D eigenvalue weighted by molar-refractivity contribution is 0.104. The van der Waals surface area contributed by atoms with Gasteiger partial charge in [0.25, 0.3) is 0 Å². The van der Waals surface area contributed by atoms with Gasteiger partial charge in [0.05, 0.1) is 0 Å². The van der Waals surface area contributed by atoms with E-state index in [2.05, 4.69) is 0 Å². The highest BCUT2D eigenvalue weighted by atomic mass is 127. The second-order valence-electron chi connectivity index (χ2n) is 3.64. The Hall–Kier alpha value is -2.06. The largest absolute Gasteiger partial charge is 0.289 e. The molecular formula is C13H3F2IN2O. The molecule has 0 aromatic heterocycles. The van der Waals surface area contributed by atoms with Crippen LogP contribution in [0.1, 0.15) is 15.9 Å². The van der Waals surface area contributed by atoms with Crippen LogP contribution < -0.4 is 0 Å². The van der Waals surface area contributed by atoms with E-state index in [0.717, 1.165) is 12.1 Å². The third kappa shape index (κ3) is 1.94. The fourth-order valence-electron chi connectivity index (χ4n) is 1.86. The molecule has 0 atom stereocenters. The fourth-order valence-corrected chi connectivity index (χ4v) is 2.45. The molecule has 1 aromatic carbocycles. The Morgan fingerprint density at radius 2 is 1.68 bits per heavy atom. The van der Waals surface area contributed by atoms with Gasteiger partial charge in [-0.15, -0.1) is 0 Å². The molecule has 1 aliphatic rings. The predicted molar refractivity (Wildman–Crippen MR) is 70.9 cm³/mol. The zero-order valence-corrected chi connectivity index (χ0v) is 11.3. The monoisotopic (exact) mass is 368 g/mol. The molecule has 0 fully saturated rings. The lowest BCUT2D eigenvalue weighted by Crippen LogP contribution is -1.96. The van der Waals surface area contributed by atoms with E-state index in [-0.39, 0.29) is 27.8 Å². The van der Waals surface area contributed by atoms with E-state index in [0.29, 0.717) is 0 Å². The van der Waals surface area contributed by atoms with Crippen LogP contribution in [0.5, 0.6) is 0 Å². The molecule has 3 nitrogen and oxygen atoms in total. The Morgan fingerprint density at radius 3 is 2.16 bits per heavy atom. The van der Waals surface area contributed by atoms with E-state index in [9.17, 15) is 13.6 Å². The first-order valence-corrected chi connectivity index (χ1v) is 6.19. The van der Waals surface area contributed by atoms with E-state index < -0.39 is 17.4 Å². The highest BCUT2D eigenvalue weighted by Gasteiger charge is 2.33. The maximum atomic E-state index is 13.3. The third-order valence-electron chi connectivity index (χ3n) is 2.67. The van der Waals surface area contributed by atoms with Gasteiger partial charge in [-0.2, -0.15) is 10.5 Å². The maximum Gasteiger partial charge on any atom is 0.194 e. The topological polar surface area (TPSA) is 64.7 Å². The van der Waals surface area contributed by atoms with Gasteiger partial charge < -0.3 is 0 Å². The highest BCUT2D eigenvalue weighted by Crippen LogP contribution is 2.40. The van der Waals surface area contributed by atoms with Gasteiger partial charge in [-0.1, -0.05) is 22.6 Å². The first kappa shape index (κ1) is 13.4. The summed E-state index contributed by atoms with van der Waals surface area (Å²) >= 11 is 1.78. The molecule has 92 valence electrons. The summed E-state index contributed by atoms with van der Waals surface area (Å²) in [5.41, 5.74) is -0.122. The van der Waals surface area contributed by atoms with Crippen LogP contribution in [0.3, 0.4) is 0 Å². The van der Waals surface area contributed by atoms with E-state index >= 15 is 0 Å². The van der Waals surface area contributed by atoms with Gasteiger partial charge >= 0.3 is 0 Å². The number of nitriles is 2. The number of Topliss-reactive ketones (excluding diaryl/α,β-unsaturated/α-hetero) is 1. The number of fused-ring (bicyclic) bond motifs is 1. The van der Waals surface area contributed by atoms with E-state index in [1.807, 2.05) is 0 Å². The van der Waals surface area contributed by atoms with Crippen molar-refractivity contribution in [3.8, 4) is 12.1 Å². The van der Waals surface area contributed by atoms with Crippen molar-refractivity contribution in [2.24, 2.45) is 0 Å². The van der Waals surface area contributed by atoms with Crippen molar-refractivity contribution in [2.75, 3.05) is 0 Å². The average molecular weight is 368 g/mol. The molecule has 0 unspecified atom stereocenters. The number of hydrogen-bond donors (Lipinski definition) is 0. The van der Waals surface area contributed by atoms with Gasteiger partial charge in [0, 0.05) is 16.7 Å². The molecule has 19 heavy (non-hydrogen) atoms. The van der Waals surface area contributed by atoms with E-state index in [1.54, 1.807) is 34.7 Å². The Bertz CT molecular complexity index is 735. The minimum absolute atomic E-state index is 0.0418. The average Bonchev–Trinajstić information content (AvgIpc) is 2.65. The second kappa shape index (κ2) is 4.90. The third-order valence-corrected chi connectivity index (χ3v) is 3.29. The summed E-state index contributed by atoms with van der Waals surface area (Å²) in [5, 5.41) is 17.8. The van der Waals surface area contributed by atoms with E-state index in [4.69, 9.17) is 10.5 Å². The summed E-state index contributed by atoms with van der Waals surface area (Å²) in [6.07, 6.45) is 0. The Labute approximate surface area is 120 Å². The standard InChI is InChI=1S/C13H3F2IN2O/c14-10-1-7-8(2-11(10)15)13(19)9(3-16)12(7)6(4-17)5-18/h1-3H/b9-3-. The molecule has 0 saturated heterocycles. The lowest BCUT2D eigenvalue weighted by atomic mass is 10.0. The number of benzene rings is 1. The van der Waals surface area contributed by atoms with Crippen LogP contribution in [-0.2, 0) is 0 Å². The van der Waals surface area contributed by atoms with Crippen LogP contribution in [0.25, 0.3) is 5.57 Å². The Morgan fingerprint density at radius 1 is 1.16 bits per heavy atom. The van der Waals surface area contributed by atoms with Crippen molar-refractivity contribution in [3.63, 3.8) is 0 Å². The summed E-state index contributed by atoms with van der Waals surface area (Å²) in [6.45, 7) is 0. The number of nitrogens with zero attached hydrogens (tertiary/aromatic N) is 2. The summed E-state index contributed by atoms with van der Waals surface area (Å²) in [6, 6.07) is 4.94. The van der Waals surface area contributed by atoms with Crippen LogP contribution in [-0.4, -0.2) is 5.78 Å². The van der Waals surface area contributed by atoms with Gasteiger partial charge in [-0.3, -0.25) is 4.79 Å². The number of rotatable bonds is 0. The van der Waals surface area contributed by atoms with Crippen LogP contribution >= 0.6 is 22.6 Å². The number of halogens is 3. The Balaban J connectivity index is 2.91. The van der Waals surface area contributed by atoms with Gasteiger partial charge in [0.1, 0.15) is 17.7 Å². The molecule has 0 radical (unpaired) electrons. The molecular weight excluding hydrogens is 365 g/mol. The molecule has 0 amide bonds. The lowest BCUT2D eigenvalue weighted by Gasteiger charge is -2.01. The van der Waals surface area contributed by atoms with Gasteiger partial charge in [-0.05, 0) is 21.8 Å². The summed E-state index contributed by atoms with van der Waals surface area (Å²) in [4.78, 5) is 12.0. The van der Waals surface area contributed by atoms with Gasteiger partial charge in [0.15, 0.2) is 17.4 Å². The summed E-state index contributed by atoms with van der Waals surface area (Å²) in [7, 11) is 0. The first-order valence-electron chi connectivity index (χ1n) is 4.94. The molecule has 0 saturated carbocycles. The molecule has 0 aliphatic heterocycles. The molecule has 1 aliphatic carbocycles. The normalized spacial score (nSPS) is 15.1. The Kier molecular flexibility index (Phi) is 3.45. The molecule has 1 aromatic rings. The summed E-state index contributed by atoms with van der Waals surface area (Å²) < 4.78 is 27.8. The minimum Gasteiger partial charge on any atom is -0.289 e. The van der Waals surface area contributed by atoms with Crippen LogP contribution in [0.2, 0.25) is 0 Å². The SMILES string of the molecule is N#CC(C#N)=C1/C(=C/I)C(=O)c2cc(F)c(F)cc21. The van der Waals surface area contributed by atoms with Crippen LogP contribution in [0, 0.1) is 34.3 Å². The number of carbonyl (C=O) groups is 1. The van der Waals surface area contributed by atoms with Crippen molar-refractivity contribution < 1.29 is 13.6 Å². The summed E-state index contributed by atoms with van der Waals surface area (Å²) in [5.74, 6) is -2.80. The van der Waals surface area contributed by atoms with Crippen molar-refractivity contribution in [2.45, 2.75) is 0 Å². The number of ketones is 1. The molecule has 0 N–H and O–H groups in total. The van der Waals surface area contributed by atoms with Crippen molar-refractivity contribution in [1.29, 1.82) is 10.5 Å². The zero-order chi connectivity index (χ0) is 14.2. The molecule has 6 heteroatoms. The number of allylic oxidation sites excluding steroid dienone is 3. The highest BCUT2D eigenvalue weighted by molar-refractivity contribution is 14.1. The van der Waals surface area contributed by atoms with Crippen molar-refractivity contribution in [3.05, 3.63) is 50.1 Å². The molecule has 0 spiro atoms. The molecule has 2 rings (SSSR count). The van der Waals surface area contributed by atoms with E-state index in [1.165, 1.54) is 4.08 Å². The van der Waals surface area contributed by atoms with Crippen LogP contribution in [0.4, 0.5) is 8.78 Å². The number of hydrogen-bond acceptors (Lipinski definition) is 3. The molecule has 0 heterocycles. The quantitative estimate of drug-likeness (QED) is 0.401. The van der Waals surface area contributed by atoms with Crippen LogP contribution in [0.15, 0.2) is 27.4 Å². The predicted octanol–water partition coefficient (Wildman–Crippen LogP) is 3.28. The zero-order valence-electron chi connectivity index (χ0n) is 9.17. The van der Waals surface area contributed by atoms with Gasteiger partial charge in [0.2, 0.25) is 0 Å². The molecule has 0 bridgehead atoms. The van der Waals surface area contributed by atoms with Gasteiger partial charge in [-0.25, -0.2) is 8.78 Å². The number of carbonyl (C=O) groups excluding carboxylic acids is 1. The second-order valence-corrected chi connectivity index (χ2v) is 4.26. The fraction of sp³-hybridized carbons (Fsp3) is 0. The van der Waals surface area contributed by atoms with Crippen molar-refractivity contribution >= 4 is 33.9 Å². The smallest absolute Gasteiger partial charge is 0.194 e. The maximum absolute atomic E-state index is 13.3. The first-order chi connectivity index (χ1) is 9.04. The van der Waals surface area contributed by atoms with Crippen molar-refractivity contribution in [1.82, 2.24) is 0 Å². The minimum atomic E-state index is -1.14.